The lowest BCUT2D eigenvalue weighted by atomic mass is 9.98. The van der Waals surface area contributed by atoms with Gasteiger partial charge in [-0.3, -0.25) is 4.79 Å². The number of amides is 1. The molecular weight excluding hydrogens is 286 g/mol. The van der Waals surface area contributed by atoms with Gasteiger partial charge in [0.15, 0.2) is 0 Å². The molecule has 0 fully saturated rings. The minimum Gasteiger partial charge on any atom is -0.378 e. The summed E-state index contributed by atoms with van der Waals surface area (Å²) in [6.45, 7) is 1.57. The number of nitrogens with zero attached hydrogens (tertiary/aromatic N) is 3. The van der Waals surface area contributed by atoms with E-state index in [1.54, 1.807) is 11.9 Å². The molecule has 0 N–H and O–H groups in total. The van der Waals surface area contributed by atoms with E-state index >= 15 is 0 Å². The van der Waals surface area contributed by atoms with Crippen LogP contribution in [-0.4, -0.2) is 30.7 Å². The van der Waals surface area contributed by atoms with Gasteiger partial charge >= 0.3 is 0 Å². The van der Waals surface area contributed by atoms with Crippen molar-refractivity contribution in [2.45, 2.75) is 19.4 Å². The zero-order valence-corrected chi connectivity index (χ0v) is 13.7. The molecule has 1 aliphatic heterocycles. The first-order valence-electron chi connectivity index (χ1n) is 7.76. The number of carbonyl (C=O) groups is 1. The summed E-state index contributed by atoms with van der Waals surface area (Å²) in [4.78, 5) is 14.1. The molecule has 1 aliphatic rings. The Balaban J connectivity index is 1.89. The molecule has 23 heavy (non-hydrogen) atoms. The number of carbonyl (C=O) groups excluding carboxylic acids is 1. The molecule has 0 radical (unpaired) electrons. The van der Waals surface area contributed by atoms with E-state index in [2.05, 4.69) is 34.3 Å². The van der Waals surface area contributed by atoms with E-state index in [1.807, 2.05) is 44.4 Å². The number of benzene rings is 2. The minimum absolute atomic E-state index is 0.0288. The van der Waals surface area contributed by atoms with E-state index < -0.39 is 0 Å². The van der Waals surface area contributed by atoms with Crippen LogP contribution in [0.1, 0.15) is 30.5 Å². The van der Waals surface area contributed by atoms with E-state index in [0.717, 1.165) is 28.9 Å². The summed E-state index contributed by atoms with van der Waals surface area (Å²) in [5, 5.41) is 6.17. The summed E-state index contributed by atoms with van der Waals surface area (Å²) >= 11 is 0. The second-order valence-corrected chi connectivity index (χ2v) is 5.98. The van der Waals surface area contributed by atoms with Crippen LogP contribution in [0.5, 0.6) is 0 Å². The van der Waals surface area contributed by atoms with Gasteiger partial charge < -0.3 is 4.90 Å². The maximum Gasteiger partial charge on any atom is 0.240 e. The van der Waals surface area contributed by atoms with Crippen LogP contribution in [0.15, 0.2) is 59.7 Å². The Labute approximate surface area is 137 Å². The summed E-state index contributed by atoms with van der Waals surface area (Å²) in [6.07, 6.45) is 0.741. The van der Waals surface area contributed by atoms with Crippen LogP contribution in [0, 0.1) is 0 Å². The first-order chi connectivity index (χ1) is 11.1. The van der Waals surface area contributed by atoms with Gasteiger partial charge in [0, 0.05) is 33.1 Å². The SMILES string of the molecule is CC(=O)N1N=C(c2ccccc2)CC1c1ccc(N(C)C)cc1. The maximum absolute atomic E-state index is 12.0. The summed E-state index contributed by atoms with van der Waals surface area (Å²) in [5.41, 5.74) is 4.29. The molecular formula is C19H21N3O. The Hall–Kier alpha value is -2.62. The van der Waals surface area contributed by atoms with Gasteiger partial charge in [-0.2, -0.15) is 5.10 Å². The standard InChI is InChI=1S/C19H21N3O/c1-14(23)22-19(16-9-11-17(12-10-16)21(2)3)13-18(20-22)15-7-5-4-6-8-15/h4-12,19H,13H2,1-3H3. The van der Waals surface area contributed by atoms with E-state index in [1.165, 1.54) is 0 Å². The first kappa shape index (κ1) is 15.3. The lowest BCUT2D eigenvalue weighted by Crippen LogP contribution is -2.24. The van der Waals surface area contributed by atoms with Crippen molar-refractivity contribution >= 4 is 17.3 Å². The molecule has 118 valence electrons. The monoisotopic (exact) mass is 307 g/mol. The van der Waals surface area contributed by atoms with E-state index in [4.69, 9.17) is 0 Å². The third-order valence-corrected chi connectivity index (χ3v) is 4.13. The molecule has 0 aliphatic carbocycles. The molecule has 2 aromatic rings. The van der Waals surface area contributed by atoms with Crippen LogP contribution >= 0.6 is 0 Å². The Morgan fingerprint density at radius 2 is 1.74 bits per heavy atom. The van der Waals surface area contributed by atoms with E-state index in [9.17, 15) is 4.79 Å². The topological polar surface area (TPSA) is 35.9 Å². The number of hydrogen-bond acceptors (Lipinski definition) is 3. The fraction of sp³-hybridized carbons (Fsp3) is 0.263. The molecule has 1 atom stereocenters. The average molecular weight is 307 g/mol. The number of hydrazone groups is 1. The summed E-state index contributed by atoms with van der Waals surface area (Å²) in [6, 6.07) is 18.3. The van der Waals surface area contributed by atoms with Gasteiger partial charge in [-0.15, -0.1) is 0 Å². The fourth-order valence-corrected chi connectivity index (χ4v) is 2.86. The van der Waals surface area contributed by atoms with Crippen LogP contribution < -0.4 is 4.90 Å². The largest absolute Gasteiger partial charge is 0.378 e. The Kier molecular flexibility index (Phi) is 4.15. The minimum atomic E-state index is -0.0300. The summed E-state index contributed by atoms with van der Waals surface area (Å²) < 4.78 is 0. The van der Waals surface area contributed by atoms with E-state index in [0.29, 0.717) is 0 Å². The highest BCUT2D eigenvalue weighted by molar-refractivity contribution is 6.03. The van der Waals surface area contributed by atoms with Gasteiger partial charge in [0.25, 0.3) is 0 Å². The molecule has 1 heterocycles. The average Bonchev–Trinajstić information content (AvgIpc) is 3.01. The van der Waals surface area contributed by atoms with Crippen molar-refractivity contribution in [2.24, 2.45) is 5.10 Å². The maximum atomic E-state index is 12.0. The molecule has 0 saturated heterocycles. The predicted molar refractivity (Wildman–Crippen MR) is 93.6 cm³/mol. The third kappa shape index (κ3) is 3.11. The van der Waals surface area contributed by atoms with Crippen LogP contribution in [0.2, 0.25) is 0 Å². The van der Waals surface area contributed by atoms with Gasteiger partial charge in [0.1, 0.15) is 0 Å². The fourth-order valence-electron chi connectivity index (χ4n) is 2.86. The van der Waals surface area contributed by atoms with Gasteiger partial charge in [-0.25, -0.2) is 5.01 Å². The molecule has 0 aromatic heterocycles. The molecule has 4 nitrogen and oxygen atoms in total. The van der Waals surface area contributed by atoms with Crippen LogP contribution in [-0.2, 0) is 4.79 Å². The Morgan fingerprint density at radius 1 is 1.09 bits per heavy atom. The molecule has 2 aromatic carbocycles. The van der Waals surface area contributed by atoms with Crippen molar-refractivity contribution in [3.63, 3.8) is 0 Å². The second-order valence-electron chi connectivity index (χ2n) is 5.98. The highest BCUT2D eigenvalue weighted by Crippen LogP contribution is 2.33. The van der Waals surface area contributed by atoms with Crippen molar-refractivity contribution in [1.29, 1.82) is 0 Å². The molecule has 3 rings (SSSR count). The van der Waals surface area contributed by atoms with Gasteiger partial charge in [0.2, 0.25) is 5.91 Å². The van der Waals surface area contributed by atoms with Crippen molar-refractivity contribution in [3.8, 4) is 0 Å². The van der Waals surface area contributed by atoms with Gasteiger partial charge in [-0.05, 0) is 23.3 Å². The van der Waals surface area contributed by atoms with Crippen LogP contribution in [0.25, 0.3) is 0 Å². The van der Waals surface area contributed by atoms with E-state index in [-0.39, 0.29) is 11.9 Å². The number of hydrogen-bond donors (Lipinski definition) is 0. The third-order valence-electron chi connectivity index (χ3n) is 4.13. The molecule has 0 bridgehead atoms. The predicted octanol–water partition coefficient (Wildman–Crippen LogP) is 3.45. The zero-order valence-electron chi connectivity index (χ0n) is 13.7. The Morgan fingerprint density at radius 3 is 2.30 bits per heavy atom. The Bertz CT molecular complexity index is 720. The number of rotatable bonds is 3. The highest BCUT2D eigenvalue weighted by Gasteiger charge is 2.31. The number of anilines is 1. The molecule has 0 spiro atoms. The smallest absolute Gasteiger partial charge is 0.240 e. The molecule has 1 amide bonds. The summed E-state index contributed by atoms with van der Waals surface area (Å²) in [5.74, 6) is -0.0300. The quantitative estimate of drug-likeness (QED) is 0.870. The molecule has 0 saturated carbocycles. The lowest BCUT2D eigenvalue weighted by Gasteiger charge is -2.21. The van der Waals surface area contributed by atoms with Crippen molar-refractivity contribution in [2.75, 3.05) is 19.0 Å². The highest BCUT2D eigenvalue weighted by atomic mass is 16.2. The van der Waals surface area contributed by atoms with Gasteiger partial charge in [-0.1, -0.05) is 42.5 Å². The molecule has 1 unspecified atom stereocenters. The molecule has 4 heteroatoms. The van der Waals surface area contributed by atoms with Crippen molar-refractivity contribution < 1.29 is 4.79 Å². The van der Waals surface area contributed by atoms with Crippen LogP contribution in [0.3, 0.4) is 0 Å². The zero-order chi connectivity index (χ0) is 16.4. The summed E-state index contributed by atoms with van der Waals surface area (Å²) in [7, 11) is 4.03. The normalized spacial score (nSPS) is 17.1. The lowest BCUT2D eigenvalue weighted by molar-refractivity contribution is -0.130. The van der Waals surface area contributed by atoms with Gasteiger partial charge in [0.05, 0.1) is 11.8 Å². The first-order valence-corrected chi connectivity index (χ1v) is 7.76. The second kappa shape index (κ2) is 6.24. The van der Waals surface area contributed by atoms with Crippen molar-refractivity contribution in [3.05, 3.63) is 65.7 Å². The van der Waals surface area contributed by atoms with Crippen molar-refractivity contribution in [1.82, 2.24) is 5.01 Å². The van der Waals surface area contributed by atoms with Crippen LogP contribution in [0.4, 0.5) is 5.69 Å².